The van der Waals surface area contributed by atoms with Gasteiger partial charge in [-0.25, -0.2) is 0 Å². The number of rotatable bonds is 3. The minimum absolute atomic E-state index is 0.414. The molecule has 1 fully saturated rings. The van der Waals surface area contributed by atoms with E-state index in [9.17, 15) is 0 Å². The number of nitrogens with two attached hydrogens (primary N) is 1. The second-order valence-electron chi connectivity index (χ2n) is 2.63. The molecule has 1 rings (SSSR count). The molecule has 1 heterocycles. The van der Waals surface area contributed by atoms with Crippen LogP contribution in [0.15, 0.2) is 0 Å². The molecule has 0 aliphatic carbocycles. The molecule has 1 saturated heterocycles. The molecule has 3 heteroatoms. The van der Waals surface area contributed by atoms with Gasteiger partial charge in [0.05, 0.1) is 12.7 Å². The molecular weight excluding hydrogens is 128 g/mol. The average Bonchev–Trinajstić information content (AvgIpc) is 2.03. The lowest BCUT2D eigenvalue weighted by Gasteiger charge is -2.23. The number of morpholine rings is 1. The first-order valence-electron chi connectivity index (χ1n) is 3.96. The largest absolute Gasteiger partial charge is 0.376 e. The van der Waals surface area contributed by atoms with Gasteiger partial charge in [-0.15, -0.1) is 0 Å². The molecule has 3 N–H and O–H groups in total. The zero-order chi connectivity index (χ0) is 7.23. The molecule has 1 aliphatic heterocycles. The molecule has 0 aromatic carbocycles. The Labute approximate surface area is 61.9 Å². The quantitative estimate of drug-likeness (QED) is 0.572. The van der Waals surface area contributed by atoms with E-state index in [2.05, 4.69) is 5.32 Å². The third kappa shape index (κ3) is 2.64. The van der Waals surface area contributed by atoms with E-state index in [4.69, 9.17) is 10.5 Å². The monoisotopic (exact) mass is 144 g/mol. The fraction of sp³-hybridized carbons (Fsp3) is 1.00. The Kier molecular flexibility index (Phi) is 3.72. The van der Waals surface area contributed by atoms with Crippen molar-refractivity contribution < 1.29 is 4.74 Å². The highest BCUT2D eigenvalue weighted by atomic mass is 16.5. The van der Waals surface area contributed by atoms with Crippen molar-refractivity contribution in [3.63, 3.8) is 0 Å². The molecule has 0 spiro atoms. The smallest absolute Gasteiger partial charge is 0.0700 e. The lowest BCUT2D eigenvalue weighted by Crippen LogP contribution is -2.38. The van der Waals surface area contributed by atoms with Crippen LogP contribution in [0.3, 0.4) is 0 Å². The van der Waals surface area contributed by atoms with Gasteiger partial charge in [-0.05, 0) is 19.4 Å². The Morgan fingerprint density at radius 3 is 3.10 bits per heavy atom. The molecule has 0 saturated carbocycles. The van der Waals surface area contributed by atoms with E-state index < -0.39 is 0 Å². The van der Waals surface area contributed by atoms with Gasteiger partial charge in [-0.3, -0.25) is 0 Å². The van der Waals surface area contributed by atoms with E-state index in [1.54, 1.807) is 0 Å². The van der Waals surface area contributed by atoms with Crippen LogP contribution in [-0.4, -0.2) is 32.3 Å². The van der Waals surface area contributed by atoms with Crippen LogP contribution < -0.4 is 11.1 Å². The summed E-state index contributed by atoms with van der Waals surface area (Å²) in [5.41, 5.74) is 5.37. The van der Waals surface area contributed by atoms with Gasteiger partial charge in [0.25, 0.3) is 0 Å². The molecule has 1 aliphatic rings. The Morgan fingerprint density at radius 1 is 1.60 bits per heavy atom. The summed E-state index contributed by atoms with van der Waals surface area (Å²) in [6, 6.07) is 0. The van der Waals surface area contributed by atoms with Crippen molar-refractivity contribution in [2.24, 2.45) is 5.73 Å². The zero-order valence-electron chi connectivity index (χ0n) is 6.31. The maximum Gasteiger partial charge on any atom is 0.0700 e. The van der Waals surface area contributed by atoms with Crippen molar-refractivity contribution >= 4 is 0 Å². The molecule has 1 unspecified atom stereocenters. The van der Waals surface area contributed by atoms with Crippen LogP contribution in [0, 0.1) is 0 Å². The molecule has 0 aromatic heterocycles. The van der Waals surface area contributed by atoms with Crippen molar-refractivity contribution in [1.82, 2.24) is 5.32 Å². The Morgan fingerprint density at radius 2 is 2.50 bits per heavy atom. The first-order valence-corrected chi connectivity index (χ1v) is 3.96. The Bertz CT molecular complexity index is 81.7. The highest BCUT2D eigenvalue weighted by Gasteiger charge is 2.11. The van der Waals surface area contributed by atoms with Crippen molar-refractivity contribution in [2.75, 3.05) is 26.2 Å². The van der Waals surface area contributed by atoms with Gasteiger partial charge < -0.3 is 15.8 Å². The van der Waals surface area contributed by atoms with E-state index >= 15 is 0 Å². The van der Waals surface area contributed by atoms with E-state index in [0.29, 0.717) is 6.10 Å². The first kappa shape index (κ1) is 7.98. The van der Waals surface area contributed by atoms with Crippen LogP contribution in [0.4, 0.5) is 0 Å². The zero-order valence-corrected chi connectivity index (χ0v) is 6.31. The highest BCUT2D eigenvalue weighted by Crippen LogP contribution is 2.02. The predicted octanol–water partition coefficient (Wildman–Crippen LogP) is -0.286. The summed E-state index contributed by atoms with van der Waals surface area (Å²) < 4.78 is 5.46. The second-order valence-corrected chi connectivity index (χ2v) is 2.63. The molecule has 0 aromatic rings. The molecule has 0 amide bonds. The summed E-state index contributed by atoms with van der Waals surface area (Å²) in [7, 11) is 0. The fourth-order valence-electron chi connectivity index (χ4n) is 1.15. The Balaban J connectivity index is 2.02. The Hall–Kier alpha value is -0.120. The van der Waals surface area contributed by atoms with Crippen LogP contribution in [0.25, 0.3) is 0 Å². The third-order valence-electron chi connectivity index (χ3n) is 1.73. The molecule has 0 radical (unpaired) electrons. The molecule has 1 atom stereocenters. The topological polar surface area (TPSA) is 47.3 Å². The van der Waals surface area contributed by atoms with Gasteiger partial charge in [-0.2, -0.15) is 0 Å². The molecule has 3 nitrogen and oxygen atoms in total. The van der Waals surface area contributed by atoms with E-state index in [1.165, 1.54) is 0 Å². The molecule has 10 heavy (non-hydrogen) atoms. The predicted molar refractivity (Wildman–Crippen MR) is 40.9 cm³/mol. The van der Waals surface area contributed by atoms with Gasteiger partial charge in [0, 0.05) is 13.1 Å². The van der Waals surface area contributed by atoms with Crippen molar-refractivity contribution in [3.05, 3.63) is 0 Å². The maximum atomic E-state index is 5.46. The van der Waals surface area contributed by atoms with E-state index in [1.807, 2.05) is 0 Å². The minimum Gasteiger partial charge on any atom is -0.376 e. The highest BCUT2D eigenvalue weighted by molar-refractivity contribution is 4.66. The van der Waals surface area contributed by atoms with Gasteiger partial charge in [-0.1, -0.05) is 0 Å². The second kappa shape index (κ2) is 4.66. The average molecular weight is 144 g/mol. The van der Waals surface area contributed by atoms with Crippen molar-refractivity contribution in [3.8, 4) is 0 Å². The normalized spacial score (nSPS) is 26.7. The molecule has 60 valence electrons. The van der Waals surface area contributed by atoms with Crippen LogP contribution in [0.1, 0.15) is 12.8 Å². The summed E-state index contributed by atoms with van der Waals surface area (Å²) in [6.07, 6.45) is 2.59. The van der Waals surface area contributed by atoms with Crippen LogP contribution in [0.2, 0.25) is 0 Å². The number of hydrogen-bond acceptors (Lipinski definition) is 3. The fourth-order valence-corrected chi connectivity index (χ4v) is 1.15. The van der Waals surface area contributed by atoms with Crippen LogP contribution >= 0.6 is 0 Å². The van der Waals surface area contributed by atoms with Crippen molar-refractivity contribution in [1.29, 1.82) is 0 Å². The van der Waals surface area contributed by atoms with E-state index in [0.717, 1.165) is 39.1 Å². The summed E-state index contributed by atoms with van der Waals surface area (Å²) in [4.78, 5) is 0. The van der Waals surface area contributed by atoms with Crippen LogP contribution in [0.5, 0.6) is 0 Å². The standard InChI is InChI=1S/C7H16N2O/c8-3-1-2-7-6-9-4-5-10-7/h7,9H,1-6,8H2. The summed E-state index contributed by atoms with van der Waals surface area (Å²) in [5, 5.41) is 3.28. The van der Waals surface area contributed by atoms with Gasteiger partial charge in [0.2, 0.25) is 0 Å². The number of ether oxygens (including phenoxy) is 1. The third-order valence-corrected chi connectivity index (χ3v) is 1.73. The van der Waals surface area contributed by atoms with Gasteiger partial charge >= 0.3 is 0 Å². The number of nitrogens with one attached hydrogen (secondary N) is 1. The molecule has 0 bridgehead atoms. The van der Waals surface area contributed by atoms with Gasteiger partial charge in [0.15, 0.2) is 0 Å². The van der Waals surface area contributed by atoms with E-state index in [-0.39, 0.29) is 0 Å². The van der Waals surface area contributed by atoms with Gasteiger partial charge in [0.1, 0.15) is 0 Å². The minimum atomic E-state index is 0.414. The summed E-state index contributed by atoms with van der Waals surface area (Å²) in [6.45, 7) is 3.63. The lowest BCUT2D eigenvalue weighted by atomic mass is 10.2. The maximum absolute atomic E-state index is 5.46. The lowest BCUT2D eigenvalue weighted by molar-refractivity contribution is 0.0228. The van der Waals surface area contributed by atoms with Crippen molar-refractivity contribution in [2.45, 2.75) is 18.9 Å². The SMILES string of the molecule is NCCCC1CNCCO1. The summed E-state index contributed by atoms with van der Waals surface area (Å²) in [5.74, 6) is 0. The summed E-state index contributed by atoms with van der Waals surface area (Å²) >= 11 is 0. The first-order chi connectivity index (χ1) is 4.93. The molecular formula is C7H16N2O. The van der Waals surface area contributed by atoms with Crippen LogP contribution in [-0.2, 0) is 4.74 Å². The number of hydrogen-bond donors (Lipinski definition) is 2.